The Morgan fingerprint density at radius 3 is 2.88 bits per heavy atom. The molecule has 5 nitrogen and oxygen atoms in total. The molecule has 25 heavy (non-hydrogen) atoms. The number of thiazole rings is 1. The second-order valence-electron chi connectivity index (χ2n) is 6.66. The first-order chi connectivity index (χ1) is 12.1. The number of aryl methyl sites for hydroxylation is 3. The third-order valence-corrected chi connectivity index (χ3v) is 5.53. The van der Waals surface area contributed by atoms with Crippen molar-refractivity contribution in [2.24, 2.45) is 5.92 Å². The van der Waals surface area contributed by atoms with E-state index in [-0.39, 0.29) is 5.91 Å². The minimum Gasteiger partial charge on any atom is -0.361 e. The molecule has 1 amide bonds. The van der Waals surface area contributed by atoms with Crippen LogP contribution in [0.25, 0.3) is 12.2 Å². The number of nitrogens with one attached hydrogen (secondary N) is 1. The van der Waals surface area contributed by atoms with Gasteiger partial charge in [-0.2, -0.15) is 0 Å². The lowest BCUT2D eigenvalue weighted by Crippen LogP contribution is -2.25. The number of carbonyl (C=O) groups is 1. The van der Waals surface area contributed by atoms with Crippen molar-refractivity contribution in [3.63, 3.8) is 0 Å². The molecule has 2 aromatic heterocycles. The van der Waals surface area contributed by atoms with Gasteiger partial charge in [0.2, 0.25) is 0 Å². The van der Waals surface area contributed by atoms with Gasteiger partial charge in [-0.05, 0) is 57.6 Å². The molecule has 0 atom stereocenters. The molecule has 2 aromatic rings. The van der Waals surface area contributed by atoms with E-state index < -0.39 is 0 Å². The van der Waals surface area contributed by atoms with Crippen LogP contribution in [0.2, 0.25) is 0 Å². The van der Waals surface area contributed by atoms with E-state index in [1.165, 1.54) is 24.2 Å². The average molecular weight is 359 g/mol. The van der Waals surface area contributed by atoms with Crippen molar-refractivity contribution in [1.29, 1.82) is 0 Å². The second-order valence-corrected chi connectivity index (χ2v) is 7.69. The summed E-state index contributed by atoms with van der Waals surface area (Å²) in [5.74, 6) is 1.49. The molecule has 1 saturated carbocycles. The number of amides is 1. The summed E-state index contributed by atoms with van der Waals surface area (Å²) in [7, 11) is 0. The lowest BCUT2D eigenvalue weighted by Gasteiger charge is -2.01. The van der Waals surface area contributed by atoms with Crippen LogP contribution in [0.4, 0.5) is 0 Å². The summed E-state index contributed by atoms with van der Waals surface area (Å²) in [5, 5.41) is 7.99. The molecular weight excluding hydrogens is 334 g/mol. The smallest absolute Gasteiger partial charge is 0.263 e. The van der Waals surface area contributed by atoms with Gasteiger partial charge in [-0.1, -0.05) is 18.5 Å². The van der Waals surface area contributed by atoms with Crippen molar-refractivity contribution < 1.29 is 9.32 Å². The van der Waals surface area contributed by atoms with Gasteiger partial charge in [0.1, 0.15) is 15.6 Å². The molecule has 6 heteroatoms. The molecule has 0 spiro atoms. The van der Waals surface area contributed by atoms with E-state index in [2.05, 4.69) is 22.4 Å². The Morgan fingerprint density at radius 1 is 1.36 bits per heavy atom. The van der Waals surface area contributed by atoms with Gasteiger partial charge < -0.3 is 9.84 Å². The van der Waals surface area contributed by atoms with Crippen LogP contribution >= 0.6 is 11.3 Å². The number of hydrogen-bond acceptors (Lipinski definition) is 5. The van der Waals surface area contributed by atoms with Crippen LogP contribution in [0.3, 0.4) is 0 Å². The average Bonchev–Trinajstić information content (AvgIpc) is 3.26. The SMILES string of the molecule is CCCCc1noc(C)c1C=Cc1nc(C)c(C(=O)NCC2CC2)s1. The maximum Gasteiger partial charge on any atom is 0.263 e. The van der Waals surface area contributed by atoms with E-state index in [0.717, 1.165) is 53.5 Å². The fourth-order valence-corrected chi connectivity index (χ4v) is 3.54. The van der Waals surface area contributed by atoms with E-state index >= 15 is 0 Å². The highest BCUT2D eigenvalue weighted by atomic mass is 32.1. The maximum atomic E-state index is 12.3. The van der Waals surface area contributed by atoms with Crippen LogP contribution in [0.15, 0.2) is 4.52 Å². The molecule has 1 aliphatic carbocycles. The standard InChI is InChI=1S/C19H25N3O2S/c1-4-5-6-16-15(13(3)24-22-16)9-10-17-21-12(2)18(25-17)19(23)20-11-14-7-8-14/h9-10,14H,4-8,11H2,1-3H3,(H,20,23). The monoisotopic (exact) mass is 359 g/mol. The van der Waals surface area contributed by atoms with Crippen LogP contribution in [-0.2, 0) is 6.42 Å². The Labute approximate surface area is 152 Å². The van der Waals surface area contributed by atoms with Crippen molar-refractivity contribution in [2.75, 3.05) is 6.54 Å². The maximum absolute atomic E-state index is 12.3. The molecule has 1 N–H and O–H groups in total. The van der Waals surface area contributed by atoms with Crippen molar-refractivity contribution >= 4 is 29.4 Å². The molecule has 0 radical (unpaired) electrons. The Bertz CT molecular complexity index is 772. The second kappa shape index (κ2) is 7.95. The van der Waals surface area contributed by atoms with Crippen molar-refractivity contribution in [3.8, 4) is 0 Å². The van der Waals surface area contributed by atoms with Gasteiger partial charge in [0.15, 0.2) is 0 Å². The number of aromatic nitrogens is 2. The quantitative estimate of drug-likeness (QED) is 0.758. The lowest BCUT2D eigenvalue weighted by atomic mass is 10.1. The summed E-state index contributed by atoms with van der Waals surface area (Å²) < 4.78 is 5.33. The summed E-state index contributed by atoms with van der Waals surface area (Å²) in [6, 6.07) is 0. The van der Waals surface area contributed by atoms with E-state index in [9.17, 15) is 4.79 Å². The van der Waals surface area contributed by atoms with Crippen LogP contribution in [0, 0.1) is 19.8 Å². The van der Waals surface area contributed by atoms with Gasteiger partial charge in [0.05, 0.1) is 11.4 Å². The molecule has 0 bridgehead atoms. The molecule has 134 valence electrons. The summed E-state index contributed by atoms with van der Waals surface area (Å²) in [5.41, 5.74) is 2.80. The zero-order chi connectivity index (χ0) is 17.8. The third-order valence-electron chi connectivity index (χ3n) is 4.41. The summed E-state index contributed by atoms with van der Waals surface area (Å²) >= 11 is 1.43. The van der Waals surface area contributed by atoms with Gasteiger partial charge in [-0.25, -0.2) is 4.98 Å². The lowest BCUT2D eigenvalue weighted by molar-refractivity contribution is 0.0955. The number of unbranched alkanes of at least 4 members (excludes halogenated alkanes) is 1. The molecule has 0 saturated heterocycles. The predicted molar refractivity (Wildman–Crippen MR) is 101 cm³/mol. The van der Waals surface area contributed by atoms with Gasteiger partial charge in [0.25, 0.3) is 5.91 Å². The van der Waals surface area contributed by atoms with Gasteiger partial charge in [0, 0.05) is 12.1 Å². The van der Waals surface area contributed by atoms with Crippen molar-refractivity contribution in [1.82, 2.24) is 15.5 Å². The molecule has 0 aromatic carbocycles. The zero-order valence-corrected chi connectivity index (χ0v) is 15.9. The molecular formula is C19H25N3O2S. The Balaban J connectivity index is 1.70. The zero-order valence-electron chi connectivity index (χ0n) is 15.1. The van der Waals surface area contributed by atoms with Crippen LogP contribution in [0.5, 0.6) is 0 Å². The van der Waals surface area contributed by atoms with Gasteiger partial charge in [-0.3, -0.25) is 4.79 Å². The first kappa shape index (κ1) is 17.9. The third kappa shape index (κ3) is 4.57. The van der Waals surface area contributed by atoms with E-state index in [0.29, 0.717) is 10.8 Å². The molecule has 2 heterocycles. The van der Waals surface area contributed by atoms with Crippen LogP contribution < -0.4 is 5.32 Å². The van der Waals surface area contributed by atoms with Crippen molar-refractivity contribution in [2.45, 2.75) is 52.9 Å². The normalized spacial score (nSPS) is 14.4. The van der Waals surface area contributed by atoms with Gasteiger partial charge in [-0.15, -0.1) is 11.3 Å². The first-order valence-corrected chi connectivity index (χ1v) is 9.79. The predicted octanol–water partition coefficient (Wildman–Crippen LogP) is 4.40. The molecule has 1 aliphatic rings. The fraction of sp³-hybridized carbons (Fsp3) is 0.526. The molecule has 0 aliphatic heterocycles. The van der Waals surface area contributed by atoms with Gasteiger partial charge >= 0.3 is 0 Å². The highest BCUT2D eigenvalue weighted by molar-refractivity contribution is 7.14. The first-order valence-electron chi connectivity index (χ1n) is 8.97. The Kier molecular flexibility index (Phi) is 5.68. The topological polar surface area (TPSA) is 68.0 Å². The molecule has 0 unspecified atom stereocenters. The summed E-state index contributed by atoms with van der Waals surface area (Å²) in [6.07, 6.45) is 9.54. The summed E-state index contributed by atoms with van der Waals surface area (Å²) in [6.45, 7) is 6.75. The Morgan fingerprint density at radius 2 is 2.16 bits per heavy atom. The molecule has 3 rings (SSSR count). The summed E-state index contributed by atoms with van der Waals surface area (Å²) in [4.78, 5) is 17.5. The van der Waals surface area contributed by atoms with Crippen molar-refractivity contribution in [3.05, 3.63) is 32.6 Å². The van der Waals surface area contributed by atoms with E-state index in [1.54, 1.807) is 0 Å². The number of rotatable bonds is 8. The minimum atomic E-state index is -0.00802. The van der Waals surface area contributed by atoms with E-state index in [1.807, 2.05) is 26.0 Å². The van der Waals surface area contributed by atoms with Crippen LogP contribution in [-0.4, -0.2) is 22.6 Å². The highest BCUT2D eigenvalue weighted by Gasteiger charge is 2.23. The highest BCUT2D eigenvalue weighted by Crippen LogP contribution is 2.28. The van der Waals surface area contributed by atoms with E-state index in [4.69, 9.17) is 4.52 Å². The number of hydrogen-bond donors (Lipinski definition) is 1. The Hall–Kier alpha value is -1.95. The fourth-order valence-electron chi connectivity index (χ4n) is 2.66. The largest absolute Gasteiger partial charge is 0.361 e. The number of carbonyl (C=O) groups excluding carboxylic acids is 1. The van der Waals surface area contributed by atoms with Crippen LogP contribution in [0.1, 0.15) is 70.0 Å². The minimum absolute atomic E-state index is 0.00802. The number of nitrogens with zero attached hydrogens (tertiary/aromatic N) is 2. The molecule has 1 fully saturated rings.